The first-order valence-corrected chi connectivity index (χ1v) is 6.51. The Morgan fingerprint density at radius 3 is 2.88 bits per heavy atom. The van der Waals surface area contributed by atoms with Gasteiger partial charge in [0.1, 0.15) is 0 Å². The van der Waals surface area contributed by atoms with Crippen molar-refractivity contribution in [3.8, 4) is 0 Å². The highest BCUT2D eigenvalue weighted by Crippen LogP contribution is 2.38. The van der Waals surface area contributed by atoms with Crippen molar-refractivity contribution in [2.45, 2.75) is 32.2 Å². The van der Waals surface area contributed by atoms with Crippen molar-refractivity contribution in [1.82, 2.24) is 10.3 Å². The molecule has 1 aromatic heterocycles. The van der Waals surface area contributed by atoms with Crippen LogP contribution >= 0.6 is 11.6 Å². The van der Waals surface area contributed by atoms with Crippen LogP contribution in [0.25, 0.3) is 10.9 Å². The average Bonchev–Trinajstić information content (AvgIpc) is 2.85. The first-order chi connectivity index (χ1) is 8.10. The van der Waals surface area contributed by atoms with E-state index in [1.807, 2.05) is 0 Å². The third-order valence-electron chi connectivity index (χ3n) is 3.84. The third-order valence-corrected chi connectivity index (χ3v) is 4.24. The summed E-state index contributed by atoms with van der Waals surface area (Å²) in [6.45, 7) is 5.38. The number of nitrogens with one attached hydrogen (secondary N) is 2. The Hall–Kier alpha value is -0.990. The molecule has 0 saturated carbocycles. The number of H-pyrrole nitrogens is 1. The van der Waals surface area contributed by atoms with Crippen LogP contribution in [0.4, 0.5) is 0 Å². The smallest absolute Gasteiger partial charge is 0.0550 e. The van der Waals surface area contributed by atoms with Crippen molar-refractivity contribution in [2.24, 2.45) is 0 Å². The second kappa shape index (κ2) is 3.76. The maximum Gasteiger partial charge on any atom is 0.0550 e. The number of fused-ring (bicyclic) bond motifs is 1. The summed E-state index contributed by atoms with van der Waals surface area (Å²) in [6, 6.07) is 6.41. The Morgan fingerprint density at radius 2 is 2.18 bits per heavy atom. The molecule has 0 bridgehead atoms. The molecular weight excluding hydrogens is 232 g/mol. The largest absolute Gasteiger partial charge is 0.359 e. The number of benzene rings is 1. The lowest BCUT2D eigenvalue weighted by atomic mass is 9.90. The molecule has 1 aromatic carbocycles. The number of halogens is 1. The Bertz CT molecular complexity index is 565. The summed E-state index contributed by atoms with van der Waals surface area (Å²) in [5, 5.41) is 5.60. The van der Waals surface area contributed by atoms with Crippen molar-refractivity contribution in [2.75, 3.05) is 6.54 Å². The van der Waals surface area contributed by atoms with E-state index >= 15 is 0 Å². The normalized spacial score (nSPS) is 24.6. The van der Waals surface area contributed by atoms with Crippen LogP contribution in [-0.2, 0) is 5.54 Å². The quantitative estimate of drug-likeness (QED) is 0.791. The number of aromatic amines is 1. The molecule has 1 saturated heterocycles. The van der Waals surface area contributed by atoms with Crippen LogP contribution in [0, 0.1) is 6.92 Å². The molecule has 2 N–H and O–H groups in total. The van der Waals surface area contributed by atoms with Gasteiger partial charge in [0.2, 0.25) is 0 Å². The molecule has 2 aromatic rings. The highest BCUT2D eigenvalue weighted by atomic mass is 35.5. The van der Waals surface area contributed by atoms with Gasteiger partial charge >= 0.3 is 0 Å². The summed E-state index contributed by atoms with van der Waals surface area (Å²) >= 11 is 6.56. The Labute approximate surface area is 106 Å². The molecule has 1 fully saturated rings. The van der Waals surface area contributed by atoms with E-state index in [-0.39, 0.29) is 5.54 Å². The molecule has 90 valence electrons. The van der Waals surface area contributed by atoms with Crippen LogP contribution < -0.4 is 5.32 Å². The van der Waals surface area contributed by atoms with E-state index in [0.717, 1.165) is 34.6 Å². The zero-order chi connectivity index (χ0) is 12.0. The lowest BCUT2D eigenvalue weighted by molar-refractivity contribution is 0.435. The number of aromatic nitrogens is 1. The zero-order valence-electron chi connectivity index (χ0n) is 10.2. The van der Waals surface area contributed by atoms with Crippen LogP contribution in [0.3, 0.4) is 0 Å². The van der Waals surface area contributed by atoms with Gasteiger partial charge in [0.05, 0.1) is 5.02 Å². The molecule has 2 nitrogen and oxygen atoms in total. The van der Waals surface area contributed by atoms with Gasteiger partial charge in [-0.3, -0.25) is 0 Å². The molecule has 0 radical (unpaired) electrons. The molecule has 2 heterocycles. The van der Waals surface area contributed by atoms with Crippen molar-refractivity contribution < 1.29 is 0 Å². The van der Waals surface area contributed by atoms with E-state index < -0.39 is 0 Å². The predicted molar refractivity (Wildman–Crippen MR) is 72.6 cm³/mol. The highest BCUT2D eigenvalue weighted by Gasteiger charge is 2.32. The molecule has 1 atom stereocenters. The van der Waals surface area contributed by atoms with E-state index in [1.165, 1.54) is 12.0 Å². The molecule has 3 heteroatoms. The van der Waals surface area contributed by atoms with Gasteiger partial charge < -0.3 is 10.3 Å². The summed E-state index contributed by atoms with van der Waals surface area (Å²) in [5.74, 6) is 0. The number of rotatable bonds is 1. The van der Waals surface area contributed by atoms with Crippen LogP contribution in [-0.4, -0.2) is 11.5 Å². The maximum atomic E-state index is 6.56. The standard InChI is InChI=1S/C14H17ClN2/c1-9-8-10-12(17-9)5-4-11(13(10)15)14(2)6-3-7-16-14/h4-5,8,16-17H,3,6-7H2,1-2H3. The minimum Gasteiger partial charge on any atom is -0.359 e. The van der Waals surface area contributed by atoms with E-state index in [4.69, 9.17) is 11.6 Å². The molecule has 3 rings (SSSR count). The average molecular weight is 249 g/mol. The molecule has 17 heavy (non-hydrogen) atoms. The second-order valence-electron chi connectivity index (χ2n) is 5.20. The minimum absolute atomic E-state index is 0.0381. The van der Waals surface area contributed by atoms with Gasteiger partial charge in [0.15, 0.2) is 0 Å². The van der Waals surface area contributed by atoms with Gasteiger partial charge in [-0.15, -0.1) is 0 Å². The van der Waals surface area contributed by atoms with E-state index in [1.54, 1.807) is 0 Å². The van der Waals surface area contributed by atoms with E-state index in [2.05, 4.69) is 42.3 Å². The van der Waals surface area contributed by atoms with Crippen molar-refractivity contribution in [3.63, 3.8) is 0 Å². The summed E-state index contributed by atoms with van der Waals surface area (Å²) in [5.41, 5.74) is 3.54. The van der Waals surface area contributed by atoms with E-state index in [9.17, 15) is 0 Å². The summed E-state index contributed by atoms with van der Waals surface area (Å²) in [6.07, 6.45) is 2.37. The van der Waals surface area contributed by atoms with Gasteiger partial charge in [-0.25, -0.2) is 0 Å². The number of hydrogen-bond acceptors (Lipinski definition) is 1. The van der Waals surface area contributed by atoms with E-state index in [0.29, 0.717) is 0 Å². The molecule has 0 aliphatic carbocycles. The van der Waals surface area contributed by atoms with Gasteiger partial charge in [0.25, 0.3) is 0 Å². The molecule has 1 aliphatic heterocycles. The fourth-order valence-corrected chi connectivity index (χ4v) is 3.29. The summed E-state index contributed by atoms with van der Waals surface area (Å²) < 4.78 is 0. The Balaban J connectivity index is 2.20. The van der Waals surface area contributed by atoms with Gasteiger partial charge in [-0.05, 0) is 50.9 Å². The third kappa shape index (κ3) is 1.67. The first-order valence-electron chi connectivity index (χ1n) is 6.13. The predicted octanol–water partition coefficient (Wildman–Crippen LogP) is 3.73. The molecule has 0 amide bonds. The fraction of sp³-hybridized carbons (Fsp3) is 0.429. The van der Waals surface area contributed by atoms with Crippen LogP contribution in [0.5, 0.6) is 0 Å². The minimum atomic E-state index is 0.0381. The molecular formula is C14H17ClN2. The highest BCUT2D eigenvalue weighted by molar-refractivity contribution is 6.36. The summed E-state index contributed by atoms with van der Waals surface area (Å²) in [7, 11) is 0. The number of hydrogen-bond donors (Lipinski definition) is 2. The van der Waals surface area contributed by atoms with Crippen molar-refractivity contribution in [3.05, 3.63) is 34.5 Å². The van der Waals surface area contributed by atoms with Gasteiger partial charge in [-0.1, -0.05) is 17.7 Å². The lowest BCUT2D eigenvalue weighted by Crippen LogP contribution is -2.33. The van der Waals surface area contributed by atoms with Gasteiger partial charge in [-0.2, -0.15) is 0 Å². The molecule has 1 unspecified atom stereocenters. The van der Waals surface area contributed by atoms with Crippen LogP contribution in [0.15, 0.2) is 18.2 Å². The summed E-state index contributed by atoms with van der Waals surface area (Å²) in [4.78, 5) is 3.32. The molecule has 0 spiro atoms. The van der Waals surface area contributed by atoms with Crippen LogP contribution in [0.2, 0.25) is 5.02 Å². The van der Waals surface area contributed by atoms with Crippen LogP contribution in [0.1, 0.15) is 31.0 Å². The maximum absolute atomic E-state index is 6.56. The van der Waals surface area contributed by atoms with Crippen molar-refractivity contribution >= 4 is 22.5 Å². The first kappa shape index (κ1) is 11.1. The monoisotopic (exact) mass is 248 g/mol. The zero-order valence-corrected chi connectivity index (χ0v) is 11.0. The SMILES string of the molecule is Cc1cc2c(Cl)c(C3(C)CCCN3)ccc2[nH]1. The Kier molecular flexibility index (Phi) is 2.46. The van der Waals surface area contributed by atoms with Crippen molar-refractivity contribution in [1.29, 1.82) is 0 Å². The molecule has 1 aliphatic rings. The van der Waals surface area contributed by atoms with Gasteiger partial charge in [0, 0.05) is 22.1 Å². The Morgan fingerprint density at radius 1 is 1.35 bits per heavy atom. The lowest BCUT2D eigenvalue weighted by Gasteiger charge is -2.26. The second-order valence-corrected chi connectivity index (χ2v) is 5.58. The number of aryl methyl sites for hydroxylation is 1. The topological polar surface area (TPSA) is 27.8 Å². The fourth-order valence-electron chi connectivity index (χ4n) is 2.86.